The zero-order valence-corrected chi connectivity index (χ0v) is 22.2. The van der Waals surface area contributed by atoms with Crippen molar-refractivity contribution in [3.05, 3.63) is 108 Å². The maximum absolute atomic E-state index is 12.1. The molecule has 5 rings (SSSR count). The molecule has 39 heavy (non-hydrogen) atoms. The van der Waals surface area contributed by atoms with Crippen molar-refractivity contribution in [2.45, 2.75) is 19.0 Å². The van der Waals surface area contributed by atoms with Crippen LogP contribution in [0.25, 0.3) is 5.69 Å². The summed E-state index contributed by atoms with van der Waals surface area (Å²) >= 11 is 5.86. The summed E-state index contributed by atoms with van der Waals surface area (Å²) in [5, 5.41) is 16.2. The number of methoxy groups -OCH3 is 1. The fraction of sp³-hybridized carbons (Fsp3) is 0.172. The summed E-state index contributed by atoms with van der Waals surface area (Å²) in [5.41, 5.74) is 5.24. The first-order chi connectivity index (χ1) is 18.9. The summed E-state index contributed by atoms with van der Waals surface area (Å²) < 4.78 is 6.96. The number of carboxylic acid groups (broad SMARTS) is 1. The van der Waals surface area contributed by atoms with E-state index >= 15 is 0 Å². The summed E-state index contributed by atoms with van der Waals surface area (Å²) in [6.07, 6.45) is 3.70. The minimum atomic E-state index is -0.974. The van der Waals surface area contributed by atoms with Gasteiger partial charge in [0.2, 0.25) is 5.91 Å². The quantitative estimate of drug-likeness (QED) is 0.277. The van der Waals surface area contributed by atoms with Crippen LogP contribution < -0.4 is 15.5 Å². The van der Waals surface area contributed by atoms with E-state index in [-0.39, 0.29) is 30.2 Å². The number of aromatic carboxylic acids is 1. The summed E-state index contributed by atoms with van der Waals surface area (Å²) in [5.74, 6) is -1.20. The first-order valence-electron chi connectivity index (χ1n) is 12.3. The van der Waals surface area contributed by atoms with Crippen molar-refractivity contribution < 1.29 is 19.4 Å². The molecule has 3 N–H and O–H groups in total. The second kappa shape index (κ2) is 11.1. The van der Waals surface area contributed by atoms with E-state index in [1.807, 2.05) is 66.2 Å². The molecule has 1 saturated heterocycles. The lowest BCUT2D eigenvalue weighted by molar-refractivity contribution is -0.119. The van der Waals surface area contributed by atoms with Gasteiger partial charge in [-0.3, -0.25) is 9.78 Å². The molecule has 9 nitrogen and oxygen atoms in total. The van der Waals surface area contributed by atoms with Crippen LogP contribution in [0.2, 0.25) is 0 Å². The molecular weight excluding hydrogens is 514 g/mol. The normalized spacial score (nSPS) is 16.7. The number of rotatable bonds is 8. The van der Waals surface area contributed by atoms with Gasteiger partial charge in [0.15, 0.2) is 5.11 Å². The average Bonchev–Trinajstić information content (AvgIpc) is 3.55. The van der Waals surface area contributed by atoms with Crippen molar-refractivity contribution in [3.8, 4) is 5.69 Å². The number of hydrogen-bond donors (Lipinski definition) is 3. The molecule has 1 aliphatic rings. The highest BCUT2D eigenvalue weighted by Gasteiger charge is 2.42. The number of benzene rings is 2. The van der Waals surface area contributed by atoms with Crippen LogP contribution in [0.5, 0.6) is 0 Å². The van der Waals surface area contributed by atoms with Gasteiger partial charge in [0.1, 0.15) is 12.6 Å². The Bertz CT molecular complexity index is 1520. The Morgan fingerprint density at radius 1 is 1.08 bits per heavy atom. The van der Waals surface area contributed by atoms with E-state index in [9.17, 15) is 14.7 Å². The molecule has 0 spiro atoms. The molecule has 2 atom stereocenters. The monoisotopic (exact) mass is 541 g/mol. The molecule has 1 fully saturated rings. The molecule has 1 amide bonds. The lowest BCUT2D eigenvalue weighted by Gasteiger charge is -2.29. The topological polar surface area (TPSA) is 109 Å². The molecule has 198 valence electrons. The molecular formula is C29H27N5O4S. The van der Waals surface area contributed by atoms with E-state index in [4.69, 9.17) is 17.0 Å². The van der Waals surface area contributed by atoms with Crippen molar-refractivity contribution in [1.82, 2.24) is 14.9 Å². The third-order valence-electron chi connectivity index (χ3n) is 6.61. The van der Waals surface area contributed by atoms with E-state index in [1.165, 1.54) is 7.11 Å². The lowest BCUT2D eigenvalue weighted by Crippen LogP contribution is -2.30. The van der Waals surface area contributed by atoms with Crippen LogP contribution in [0.4, 0.5) is 11.4 Å². The van der Waals surface area contributed by atoms with E-state index < -0.39 is 5.97 Å². The Kier molecular flexibility index (Phi) is 7.40. The van der Waals surface area contributed by atoms with E-state index in [2.05, 4.69) is 20.5 Å². The lowest BCUT2D eigenvalue weighted by atomic mass is 10.00. The van der Waals surface area contributed by atoms with Crippen LogP contribution in [-0.2, 0) is 9.53 Å². The SMILES string of the molecule is COCC(=O)Nc1ccc(N2C(=S)N[C@H](c3ccccn3)[C@@H]2c2cccn2-c2ccc(C(=O)O)cc2)cc1C. The molecule has 2 aromatic carbocycles. The number of carboxylic acids is 1. The standard InChI is InChI=1S/C29H27N5O4S/c1-18-16-21(12-13-22(18)31-25(35)17-38-2)34-27(26(32-29(34)39)23-6-3-4-14-30-23)24-7-5-15-33(24)20-10-8-19(9-11-20)28(36)37/h3-16,26-27H,17H2,1-2H3,(H,31,35)(H,32,39)(H,36,37)/t26-,27+/m1/s1. The van der Waals surface area contributed by atoms with Crippen molar-refractivity contribution in [3.63, 3.8) is 0 Å². The first-order valence-corrected chi connectivity index (χ1v) is 12.7. The smallest absolute Gasteiger partial charge is 0.335 e. The number of ether oxygens (including phenoxy) is 1. The van der Waals surface area contributed by atoms with Gasteiger partial charge in [-0.15, -0.1) is 0 Å². The summed E-state index contributed by atoms with van der Waals surface area (Å²) in [4.78, 5) is 30.1. The van der Waals surface area contributed by atoms with Gasteiger partial charge in [0.05, 0.1) is 17.3 Å². The number of anilines is 2. The molecule has 0 aliphatic carbocycles. The summed E-state index contributed by atoms with van der Waals surface area (Å²) in [6.45, 7) is 1.90. The average molecular weight is 542 g/mol. The molecule has 4 aromatic rings. The van der Waals surface area contributed by atoms with Gasteiger partial charge in [0.25, 0.3) is 0 Å². The molecule has 3 heterocycles. The number of carbonyl (C=O) groups is 2. The fourth-order valence-corrected chi connectivity index (χ4v) is 5.17. The van der Waals surface area contributed by atoms with Crippen molar-refractivity contribution in [1.29, 1.82) is 0 Å². The van der Waals surface area contributed by atoms with Crippen LogP contribution in [0.15, 0.2) is 85.2 Å². The number of amides is 1. The number of carbonyl (C=O) groups excluding carboxylic acids is 1. The summed E-state index contributed by atoms with van der Waals surface area (Å²) in [6, 6.07) is 21.7. The van der Waals surface area contributed by atoms with Crippen LogP contribution in [-0.4, -0.2) is 45.4 Å². The maximum atomic E-state index is 12.1. The molecule has 0 saturated carbocycles. The number of aryl methyl sites for hydroxylation is 1. The molecule has 0 radical (unpaired) electrons. The molecule has 0 bridgehead atoms. The number of aromatic nitrogens is 2. The van der Waals surface area contributed by atoms with Gasteiger partial charge < -0.3 is 29.9 Å². The number of thiocarbonyl (C=S) groups is 1. The van der Waals surface area contributed by atoms with Gasteiger partial charge in [-0.2, -0.15) is 0 Å². The van der Waals surface area contributed by atoms with Gasteiger partial charge in [-0.25, -0.2) is 4.79 Å². The summed E-state index contributed by atoms with van der Waals surface area (Å²) in [7, 11) is 1.48. The van der Waals surface area contributed by atoms with E-state index in [1.54, 1.807) is 30.5 Å². The minimum absolute atomic E-state index is 0.0282. The molecule has 2 aromatic heterocycles. The van der Waals surface area contributed by atoms with Crippen molar-refractivity contribution >= 4 is 40.6 Å². The predicted octanol–water partition coefficient (Wildman–Crippen LogP) is 4.64. The zero-order valence-electron chi connectivity index (χ0n) is 21.4. The highest BCUT2D eigenvalue weighted by atomic mass is 32.1. The van der Waals surface area contributed by atoms with E-state index in [0.29, 0.717) is 10.8 Å². The van der Waals surface area contributed by atoms with Crippen LogP contribution in [0.3, 0.4) is 0 Å². The largest absolute Gasteiger partial charge is 0.478 e. The maximum Gasteiger partial charge on any atom is 0.335 e. The van der Waals surface area contributed by atoms with Crippen LogP contribution in [0, 0.1) is 6.92 Å². The second-order valence-electron chi connectivity index (χ2n) is 9.13. The number of nitrogens with zero attached hydrogens (tertiary/aromatic N) is 3. The minimum Gasteiger partial charge on any atom is -0.478 e. The zero-order chi connectivity index (χ0) is 27.5. The van der Waals surface area contributed by atoms with Gasteiger partial charge in [0, 0.05) is 42.3 Å². The number of pyridine rings is 1. The molecule has 1 aliphatic heterocycles. The third-order valence-corrected chi connectivity index (χ3v) is 6.93. The molecule has 10 heteroatoms. The van der Waals surface area contributed by atoms with Gasteiger partial charge >= 0.3 is 5.97 Å². The Morgan fingerprint density at radius 2 is 1.85 bits per heavy atom. The highest BCUT2D eigenvalue weighted by molar-refractivity contribution is 7.80. The molecule has 0 unspecified atom stereocenters. The van der Waals surface area contributed by atoms with Crippen LogP contribution in [0.1, 0.15) is 39.4 Å². The Hall–Kier alpha value is -4.54. The second-order valence-corrected chi connectivity index (χ2v) is 9.52. The highest BCUT2D eigenvalue weighted by Crippen LogP contribution is 2.42. The number of nitrogens with one attached hydrogen (secondary N) is 2. The Labute approximate surface area is 231 Å². The fourth-order valence-electron chi connectivity index (χ4n) is 4.82. The van der Waals surface area contributed by atoms with Gasteiger partial charge in [-0.1, -0.05) is 6.07 Å². The Morgan fingerprint density at radius 3 is 2.51 bits per heavy atom. The third kappa shape index (κ3) is 5.25. The Balaban J connectivity index is 1.58. The predicted molar refractivity (Wildman–Crippen MR) is 152 cm³/mol. The van der Waals surface area contributed by atoms with Crippen LogP contribution >= 0.6 is 12.2 Å². The van der Waals surface area contributed by atoms with E-state index in [0.717, 1.165) is 28.3 Å². The number of hydrogen-bond acceptors (Lipinski definition) is 5. The van der Waals surface area contributed by atoms with Crippen molar-refractivity contribution in [2.75, 3.05) is 23.9 Å². The van der Waals surface area contributed by atoms with Gasteiger partial charge in [-0.05, 0) is 91.4 Å². The van der Waals surface area contributed by atoms with Crippen molar-refractivity contribution in [2.24, 2.45) is 0 Å². The first kappa shape index (κ1) is 26.1.